The number of carbonyl (C=O) groups is 2. The Labute approximate surface area is 132 Å². The molecule has 1 aliphatic heterocycles. The molecule has 2 heterocycles. The van der Waals surface area contributed by atoms with Crippen LogP contribution >= 0.6 is 23.1 Å². The van der Waals surface area contributed by atoms with Gasteiger partial charge in [-0.3, -0.25) is 14.5 Å². The molecule has 1 aromatic heterocycles. The highest BCUT2D eigenvalue weighted by molar-refractivity contribution is 8.13. The smallest absolute Gasteiger partial charge is 0.229 e. The molecule has 0 radical (unpaired) electrons. The van der Waals surface area contributed by atoms with Crippen LogP contribution in [0.5, 0.6) is 0 Å². The van der Waals surface area contributed by atoms with Crippen LogP contribution in [0, 0.1) is 5.92 Å². The van der Waals surface area contributed by atoms with Crippen molar-refractivity contribution >= 4 is 39.3 Å². The molecular formula is C14H19N3O2S2. The summed E-state index contributed by atoms with van der Waals surface area (Å²) < 4.78 is 0. The Hall–Kier alpha value is -0.950. The van der Waals surface area contributed by atoms with Crippen molar-refractivity contribution in [2.75, 3.05) is 17.2 Å². The molecule has 114 valence electrons. The van der Waals surface area contributed by atoms with E-state index in [1.54, 1.807) is 23.2 Å². The second-order valence-electron chi connectivity index (χ2n) is 5.78. The molecule has 5 nitrogen and oxygen atoms in total. The van der Waals surface area contributed by atoms with E-state index in [1.165, 1.54) is 37.4 Å². The molecule has 0 aromatic carbocycles. The molecule has 2 aliphatic rings. The predicted molar refractivity (Wildman–Crippen MR) is 84.7 cm³/mol. The highest BCUT2D eigenvalue weighted by Gasteiger charge is 2.33. The summed E-state index contributed by atoms with van der Waals surface area (Å²) in [5.41, 5.74) is 0. The van der Waals surface area contributed by atoms with E-state index in [1.807, 2.05) is 0 Å². The van der Waals surface area contributed by atoms with E-state index in [-0.39, 0.29) is 16.9 Å². The summed E-state index contributed by atoms with van der Waals surface area (Å²) in [6.45, 7) is 2.23. The van der Waals surface area contributed by atoms with E-state index >= 15 is 0 Å². The number of rotatable bonds is 4. The Morgan fingerprint density at radius 3 is 2.86 bits per heavy atom. The van der Waals surface area contributed by atoms with Gasteiger partial charge in [0.25, 0.3) is 0 Å². The van der Waals surface area contributed by atoms with Crippen LogP contribution in [0.15, 0.2) is 0 Å². The van der Waals surface area contributed by atoms with E-state index in [0.717, 1.165) is 10.1 Å². The summed E-state index contributed by atoms with van der Waals surface area (Å²) in [5.74, 6) is 1.60. The first-order valence-corrected chi connectivity index (χ1v) is 9.21. The van der Waals surface area contributed by atoms with Crippen molar-refractivity contribution in [1.29, 1.82) is 0 Å². The van der Waals surface area contributed by atoms with E-state index in [9.17, 15) is 9.59 Å². The van der Waals surface area contributed by atoms with Crippen LogP contribution in [0.25, 0.3) is 0 Å². The van der Waals surface area contributed by atoms with E-state index < -0.39 is 0 Å². The van der Waals surface area contributed by atoms with Crippen LogP contribution in [0.4, 0.5) is 5.13 Å². The van der Waals surface area contributed by atoms with Gasteiger partial charge in [0.1, 0.15) is 5.01 Å². The fraction of sp³-hybridized carbons (Fsp3) is 0.714. The summed E-state index contributed by atoms with van der Waals surface area (Å²) in [6.07, 6.45) is 5.44. The summed E-state index contributed by atoms with van der Waals surface area (Å²) in [6, 6.07) is 0. The van der Waals surface area contributed by atoms with Crippen molar-refractivity contribution in [1.82, 2.24) is 10.2 Å². The Balaban J connectivity index is 1.63. The molecule has 2 fully saturated rings. The minimum absolute atomic E-state index is 0.110. The molecule has 3 rings (SSSR count). The molecule has 0 bridgehead atoms. The predicted octanol–water partition coefficient (Wildman–Crippen LogP) is 2.83. The lowest BCUT2D eigenvalue weighted by Gasteiger charge is -2.11. The Bertz CT molecular complexity index is 540. The Morgan fingerprint density at radius 1 is 1.38 bits per heavy atom. The second-order valence-corrected chi connectivity index (χ2v) is 7.97. The number of carbonyl (C=O) groups excluding carboxylic acids is 2. The first kappa shape index (κ1) is 15.0. The summed E-state index contributed by atoms with van der Waals surface area (Å²) in [4.78, 5) is 24.9. The first-order chi connectivity index (χ1) is 10.1. The minimum atomic E-state index is 0.110. The first-order valence-electron chi connectivity index (χ1n) is 7.40. The Kier molecular flexibility index (Phi) is 4.59. The van der Waals surface area contributed by atoms with E-state index in [2.05, 4.69) is 10.2 Å². The molecule has 1 aromatic rings. The number of thioether (sulfide) groups is 1. The maximum atomic E-state index is 12.1. The van der Waals surface area contributed by atoms with Crippen LogP contribution < -0.4 is 4.90 Å². The maximum Gasteiger partial charge on any atom is 0.229 e. The van der Waals surface area contributed by atoms with Crippen molar-refractivity contribution in [2.24, 2.45) is 5.92 Å². The summed E-state index contributed by atoms with van der Waals surface area (Å²) in [5, 5.41) is 10.4. The quantitative estimate of drug-likeness (QED) is 0.852. The highest BCUT2D eigenvalue weighted by atomic mass is 32.2. The van der Waals surface area contributed by atoms with Crippen LogP contribution in [0.3, 0.4) is 0 Å². The molecule has 1 saturated heterocycles. The molecule has 1 unspecified atom stereocenters. The topological polar surface area (TPSA) is 63.2 Å². The van der Waals surface area contributed by atoms with Gasteiger partial charge in [-0.25, -0.2) is 0 Å². The van der Waals surface area contributed by atoms with Gasteiger partial charge in [-0.05, 0) is 18.8 Å². The SMILES string of the molecule is CC(=O)SCC1CC(=O)N(c2nnc(C3CCCC3)s2)C1. The van der Waals surface area contributed by atoms with Gasteiger partial charge in [0.05, 0.1) is 0 Å². The largest absolute Gasteiger partial charge is 0.288 e. The summed E-state index contributed by atoms with van der Waals surface area (Å²) in [7, 11) is 0. The van der Waals surface area contributed by atoms with Gasteiger partial charge in [-0.15, -0.1) is 10.2 Å². The molecule has 1 saturated carbocycles. The van der Waals surface area contributed by atoms with Gasteiger partial charge in [0, 0.05) is 31.6 Å². The minimum Gasteiger partial charge on any atom is -0.288 e. The van der Waals surface area contributed by atoms with Gasteiger partial charge < -0.3 is 0 Å². The zero-order valence-corrected chi connectivity index (χ0v) is 13.7. The van der Waals surface area contributed by atoms with Gasteiger partial charge in [-0.2, -0.15) is 0 Å². The lowest BCUT2D eigenvalue weighted by atomic mass is 10.1. The zero-order valence-electron chi connectivity index (χ0n) is 12.1. The van der Waals surface area contributed by atoms with Crippen molar-refractivity contribution in [3.63, 3.8) is 0 Å². The zero-order chi connectivity index (χ0) is 14.8. The third-order valence-corrected chi connectivity index (χ3v) is 6.25. The third kappa shape index (κ3) is 3.45. The van der Waals surface area contributed by atoms with E-state index in [0.29, 0.717) is 24.6 Å². The molecule has 1 amide bonds. The van der Waals surface area contributed by atoms with Gasteiger partial charge in [0.2, 0.25) is 11.0 Å². The van der Waals surface area contributed by atoms with Crippen molar-refractivity contribution in [3.05, 3.63) is 5.01 Å². The van der Waals surface area contributed by atoms with Crippen LogP contribution in [0.2, 0.25) is 0 Å². The lowest BCUT2D eigenvalue weighted by molar-refractivity contribution is -0.117. The number of amides is 1. The number of hydrogen-bond acceptors (Lipinski definition) is 6. The number of anilines is 1. The summed E-state index contributed by atoms with van der Waals surface area (Å²) >= 11 is 2.87. The molecule has 1 atom stereocenters. The number of nitrogens with zero attached hydrogens (tertiary/aromatic N) is 3. The Morgan fingerprint density at radius 2 is 2.14 bits per heavy atom. The van der Waals surface area contributed by atoms with Crippen molar-refractivity contribution < 1.29 is 9.59 Å². The molecule has 7 heteroatoms. The van der Waals surface area contributed by atoms with Crippen molar-refractivity contribution in [3.8, 4) is 0 Å². The van der Waals surface area contributed by atoms with Gasteiger partial charge in [-0.1, -0.05) is 35.9 Å². The average Bonchev–Trinajstić information content (AvgIpc) is 3.16. The fourth-order valence-electron chi connectivity index (χ4n) is 2.99. The van der Waals surface area contributed by atoms with Gasteiger partial charge >= 0.3 is 0 Å². The van der Waals surface area contributed by atoms with Gasteiger partial charge in [0.15, 0.2) is 5.12 Å². The molecule has 0 N–H and O–H groups in total. The monoisotopic (exact) mass is 325 g/mol. The average molecular weight is 325 g/mol. The lowest BCUT2D eigenvalue weighted by Crippen LogP contribution is -2.24. The van der Waals surface area contributed by atoms with Crippen LogP contribution in [-0.2, 0) is 9.59 Å². The number of hydrogen-bond donors (Lipinski definition) is 0. The van der Waals surface area contributed by atoms with Crippen LogP contribution in [-0.4, -0.2) is 33.5 Å². The van der Waals surface area contributed by atoms with E-state index in [4.69, 9.17) is 0 Å². The molecule has 1 aliphatic carbocycles. The molecule has 21 heavy (non-hydrogen) atoms. The number of aromatic nitrogens is 2. The fourth-order valence-corrected chi connectivity index (χ4v) is 4.72. The molecular weight excluding hydrogens is 306 g/mol. The highest BCUT2D eigenvalue weighted by Crippen LogP contribution is 2.38. The van der Waals surface area contributed by atoms with Crippen molar-refractivity contribution in [2.45, 2.75) is 44.9 Å². The second kappa shape index (κ2) is 6.44. The standard InChI is InChI=1S/C14H19N3O2S2/c1-9(18)20-8-10-6-12(19)17(7-10)14-16-15-13(21-14)11-4-2-3-5-11/h10-11H,2-8H2,1H3. The van der Waals surface area contributed by atoms with Crippen LogP contribution in [0.1, 0.15) is 50.0 Å². The molecule has 0 spiro atoms. The maximum absolute atomic E-state index is 12.1. The third-order valence-electron chi connectivity index (χ3n) is 4.09. The normalized spacial score (nSPS) is 23.2.